The molecule has 0 radical (unpaired) electrons. The van der Waals surface area contributed by atoms with E-state index in [-0.39, 0.29) is 0 Å². The van der Waals surface area contributed by atoms with Crippen LogP contribution in [0.3, 0.4) is 0 Å². The van der Waals surface area contributed by atoms with Crippen molar-refractivity contribution in [2.45, 2.75) is 0 Å². The molecule has 1 aromatic carbocycles. The Balaban J connectivity index is 2.44. The van der Waals surface area contributed by atoms with Crippen molar-refractivity contribution in [3.63, 3.8) is 0 Å². The van der Waals surface area contributed by atoms with Crippen LogP contribution in [0.25, 0.3) is 5.57 Å². The van der Waals surface area contributed by atoms with Crippen LogP contribution in [0.1, 0.15) is 11.1 Å². The Morgan fingerprint density at radius 3 is 1.91 bits per heavy atom. The first-order valence-electron chi connectivity index (χ1n) is 6.64. The van der Waals surface area contributed by atoms with E-state index in [9.17, 15) is 0 Å². The topological polar surface area (TPSA) is 49.8 Å². The quantitative estimate of drug-likeness (QED) is 0.820. The molecule has 0 amide bonds. The van der Waals surface area contributed by atoms with Gasteiger partial charge >= 0.3 is 0 Å². The van der Waals surface area contributed by atoms with Gasteiger partial charge in [-0.3, -0.25) is 0 Å². The Morgan fingerprint density at radius 2 is 1.50 bits per heavy atom. The molecule has 0 saturated carbocycles. The number of hydrogen-bond acceptors (Lipinski definition) is 5. The molecule has 1 aromatic heterocycles. The van der Waals surface area contributed by atoms with Gasteiger partial charge in [-0.25, -0.2) is 4.98 Å². The van der Waals surface area contributed by atoms with E-state index in [0.29, 0.717) is 23.1 Å². The zero-order chi connectivity index (χ0) is 16.1. The van der Waals surface area contributed by atoms with E-state index in [4.69, 9.17) is 18.9 Å². The molecular weight excluding hydrogens is 282 g/mol. The molecule has 0 atom stereocenters. The third kappa shape index (κ3) is 2.98. The number of ether oxygens (including phenoxy) is 4. The highest BCUT2D eigenvalue weighted by Crippen LogP contribution is 2.40. The Bertz CT molecular complexity index is 640. The van der Waals surface area contributed by atoms with Gasteiger partial charge in [-0.1, -0.05) is 6.58 Å². The van der Waals surface area contributed by atoms with Crippen LogP contribution in [0.5, 0.6) is 23.1 Å². The van der Waals surface area contributed by atoms with Gasteiger partial charge in [0.25, 0.3) is 0 Å². The minimum atomic E-state index is 0.550. The minimum absolute atomic E-state index is 0.550. The van der Waals surface area contributed by atoms with E-state index in [1.165, 1.54) is 0 Å². The van der Waals surface area contributed by atoms with Gasteiger partial charge < -0.3 is 18.9 Å². The number of methoxy groups -OCH3 is 4. The van der Waals surface area contributed by atoms with Crippen molar-refractivity contribution in [2.24, 2.45) is 0 Å². The molecule has 0 aliphatic carbocycles. The van der Waals surface area contributed by atoms with Gasteiger partial charge in [0.1, 0.15) is 0 Å². The molecule has 0 fully saturated rings. The number of hydrogen-bond donors (Lipinski definition) is 0. The molecule has 0 bridgehead atoms. The second kappa shape index (κ2) is 6.85. The van der Waals surface area contributed by atoms with Gasteiger partial charge in [0.05, 0.1) is 28.4 Å². The number of nitrogens with zero attached hydrogens (tertiary/aromatic N) is 1. The number of benzene rings is 1. The Kier molecular flexibility index (Phi) is 4.88. The average Bonchev–Trinajstić information content (AvgIpc) is 2.59. The maximum absolute atomic E-state index is 5.36. The molecule has 22 heavy (non-hydrogen) atoms. The highest BCUT2D eigenvalue weighted by molar-refractivity contribution is 5.80. The summed E-state index contributed by atoms with van der Waals surface area (Å²) in [7, 11) is 6.32. The molecular formula is C17H19NO4. The van der Waals surface area contributed by atoms with E-state index in [1.54, 1.807) is 40.7 Å². The van der Waals surface area contributed by atoms with Gasteiger partial charge in [-0.2, -0.15) is 0 Å². The first kappa shape index (κ1) is 15.7. The monoisotopic (exact) mass is 301 g/mol. The Hall–Kier alpha value is -2.69. The summed E-state index contributed by atoms with van der Waals surface area (Å²) in [5.74, 6) is 2.27. The van der Waals surface area contributed by atoms with Gasteiger partial charge in [0.15, 0.2) is 11.5 Å². The predicted octanol–water partition coefficient (Wildman–Crippen LogP) is 3.18. The maximum Gasteiger partial charge on any atom is 0.212 e. The standard InChI is InChI=1S/C17H19NO4/c1-11(12-6-7-16(21-4)18-10-12)13-8-14(19-2)17(22-5)15(9-13)20-3/h6-10H,1H2,2-5H3. The Morgan fingerprint density at radius 1 is 0.864 bits per heavy atom. The molecule has 0 saturated heterocycles. The second-order valence-electron chi connectivity index (χ2n) is 4.48. The summed E-state index contributed by atoms with van der Waals surface area (Å²) in [5, 5.41) is 0. The van der Waals surface area contributed by atoms with Crippen molar-refractivity contribution in [2.75, 3.05) is 28.4 Å². The van der Waals surface area contributed by atoms with Crippen LogP contribution in [0.4, 0.5) is 0 Å². The van der Waals surface area contributed by atoms with Crippen molar-refractivity contribution in [1.82, 2.24) is 4.98 Å². The molecule has 1 heterocycles. The first-order valence-corrected chi connectivity index (χ1v) is 6.64. The molecule has 0 unspecified atom stereocenters. The van der Waals surface area contributed by atoms with Gasteiger partial charge in [-0.15, -0.1) is 0 Å². The van der Waals surface area contributed by atoms with Crippen LogP contribution in [0, 0.1) is 0 Å². The van der Waals surface area contributed by atoms with Crippen LogP contribution < -0.4 is 18.9 Å². The van der Waals surface area contributed by atoms with E-state index in [0.717, 1.165) is 16.7 Å². The first-order chi connectivity index (χ1) is 10.6. The largest absolute Gasteiger partial charge is 0.493 e. The molecule has 0 spiro atoms. The Labute approximate surface area is 130 Å². The van der Waals surface area contributed by atoms with Crippen LogP contribution in [0.15, 0.2) is 37.0 Å². The van der Waals surface area contributed by atoms with Crippen LogP contribution in [0.2, 0.25) is 0 Å². The molecule has 0 N–H and O–H groups in total. The summed E-state index contributed by atoms with van der Waals surface area (Å²) in [6.45, 7) is 4.12. The van der Waals surface area contributed by atoms with E-state index in [1.807, 2.05) is 18.2 Å². The lowest BCUT2D eigenvalue weighted by Crippen LogP contribution is -1.97. The van der Waals surface area contributed by atoms with Gasteiger partial charge in [0, 0.05) is 17.8 Å². The van der Waals surface area contributed by atoms with E-state index < -0.39 is 0 Å². The molecule has 0 aliphatic heterocycles. The fourth-order valence-corrected chi connectivity index (χ4v) is 2.10. The summed E-state index contributed by atoms with van der Waals surface area (Å²) < 4.78 is 21.1. The summed E-state index contributed by atoms with van der Waals surface area (Å²) in [4.78, 5) is 4.19. The second-order valence-corrected chi connectivity index (χ2v) is 4.48. The van der Waals surface area contributed by atoms with E-state index in [2.05, 4.69) is 11.6 Å². The molecule has 2 aromatic rings. The van der Waals surface area contributed by atoms with Crippen molar-refractivity contribution >= 4 is 5.57 Å². The number of rotatable bonds is 6. The van der Waals surface area contributed by atoms with Crippen molar-refractivity contribution < 1.29 is 18.9 Å². The third-order valence-electron chi connectivity index (χ3n) is 3.31. The van der Waals surface area contributed by atoms with Crippen molar-refractivity contribution in [1.29, 1.82) is 0 Å². The average molecular weight is 301 g/mol. The van der Waals surface area contributed by atoms with Crippen LogP contribution in [-0.4, -0.2) is 33.4 Å². The summed E-state index contributed by atoms with van der Waals surface area (Å²) >= 11 is 0. The predicted molar refractivity (Wildman–Crippen MR) is 85.0 cm³/mol. The third-order valence-corrected chi connectivity index (χ3v) is 3.31. The van der Waals surface area contributed by atoms with Crippen LogP contribution in [-0.2, 0) is 0 Å². The molecule has 5 heteroatoms. The zero-order valence-electron chi connectivity index (χ0n) is 13.2. The van der Waals surface area contributed by atoms with Crippen LogP contribution >= 0.6 is 0 Å². The van der Waals surface area contributed by atoms with Gasteiger partial charge in [0.2, 0.25) is 11.6 Å². The molecule has 0 aliphatic rings. The normalized spacial score (nSPS) is 10.0. The highest BCUT2D eigenvalue weighted by Gasteiger charge is 2.15. The lowest BCUT2D eigenvalue weighted by Gasteiger charge is -2.15. The van der Waals surface area contributed by atoms with E-state index >= 15 is 0 Å². The van der Waals surface area contributed by atoms with Crippen molar-refractivity contribution in [3.05, 3.63) is 48.2 Å². The number of pyridine rings is 1. The highest BCUT2D eigenvalue weighted by atomic mass is 16.5. The smallest absolute Gasteiger partial charge is 0.212 e. The fraction of sp³-hybridized carbons (Fsp3) is 0.235. The summed E-state index contributed by atoms with van der Waals surface area (Å²) in [6, 6.07) is 7.40. The lowest BCUT2D eigenvalue weighted by atomic mass is 10.00. The summed E-state index contributed by atoms with van der Waals surface area (Å²) in [5.41, 5.74) is 2.55. The molecule has 5 nitrogen and oxygen atoms in total. The molecule has 2 rings (SSSR count). The number of aromatic nitrogens is 1. The molecule has 116 valence electrons. The van der Waals surface area contributed by atoms with Gasteiger partial charge in [-0.05, 0) is 29.3 Å². The maximum atomic E-state index is 5.36. The van der Waals surface area contributed by atoms with Crippen molar-refractivity contribution in [3.8, 4) is 23.1 Å². The SMILES string of the molecule is C=C(c1ccc(OC)nc1)c1cc(OC)c(OC)c(OC)c1. The lowest BCUT2D eigenvalue weighted by molar-refractivity contribution is 0.324. The minimum Gasteiger partial charge on any atom is -0.493 e. The summed E-state index contributed by atoms with van der Waals surface area (Å²) in [6.07, 6.45) is 1.71. The fourth-order valence-electron chi connectivity index (χ4n) is 2.10. The zero-order valence-corrected chi connectivity index (χ0v) is 13.2.